The normalized spacial score (nSPS) is 26.0. The Hall–Kier alpha value is -2.78. The van der Waals surface area contributed by atoms with Crippen molar-refractivity contribution in [1.82, 2.24) is 25.5 Å². The Morgan fingerprint density at radius 3 is 2.41 bits per heavy atom. The molecule has 178 valence electrons. The number of pyridine rings is 1. The highest BCUT2D eigenvalue weighted by atomic mass is 32.2. The van der Waals surface area contributed by atoms with Crippen molar-refractivity contribution in [2.24, 2.45) is 0 Å². The molecule has 2 fully saturated rings. The fraction of sp³-hybridized carbons (Fsp3) is 0.440. The van der Waals surface area contributed by atoms with Crippen LogP contribution in [0.1, 0.15) is 39.5 Å². The first-order valence-electron chi connectivity index (χ1n) is 11.4. The van der Waals surface area contributed by atoms with Gasteiger partial charge in [-0.15, -0.1) is 22.0 Å². The quantitative estimate of drug-likeness (QED) is 0.510. The number of aromatic hydroxyl groups is 1. The third kappa shape index (κ3) is 4.22. The molecule has 2 aliphatic rings. The van der Waals surface area contributed by atoms with E-state index in [-0.39, 0.29) is 16.8 Å². The summed E-state index contributed by atoms with van der Waals surface area (Å²) in [5, 5.41) is 23.9. The lowest BCUT2D eigenvalue weighted by Gasteiger charge is -2.45. The minimum atomic E-state index is -0.440. The van der Waals surface area contributed by atoms with Crippen molar-refractivity contribution in [3.8, 4) is 28.3 Å². The number of fused-ring (bicyclic) bond motifs is 2. The Morgan fingerprint density at radius 1 is 1.06 bits per heavy atom. The number of hydrogen-bond acceptors (Lipinski definition) is 8. The molecule has 0 saturated carbocycles. The summed E-state index contributed by atoms with van der Waals surface area (Å²) in [6, 6.07) is 6.98. The molecule has 0 unspecified atom stereocenters. The van der Waals surface area contributed by atoms with E-state index in [1.165, 1.54) is 36.9 Å². The van der Waals surface area contributed by atoms with Crippen LogP contribution >= 0.6 is 11.8 Å². The summed E-state index contributed by atoms with van der Waals surface area (Å²) < 4.78 is 14.3. The zero-order valence-corrected chi connectivity index (χ0v) is 20.7. The first kappa shape index (κ1) is 23.0. The van der Waals surface area contributed by atoms with Crippen LogP contribution in [-0.4, -0.2) is 55.7 Å². The summed E-state index contributed by atoms with van der Waals surface area (Å²) in [5.74, 6) is 0.565. The van der Waals surface area contributed by atoms with Gasteiger partial charge in [0, 0.05) is 29.7 Å². The summed E-state index contributed by atoms with van der Waals surface area (Å²) in [4.78, 5) is 10.7. The zero-order valence-electron chi connectivity index (χ0n) is 19.8. The van der Waals surface area contributed by atoms with E-state index in [2.05, 4.69) is 44.2 Å². The molecule has 4 heterocycles. The van der Waals surface area contributed by atoms with Crippen LogP contribution in [0.25, 0.3) is 22.5 Å². The minimum absolute atomic E-state index is 0.0295. The van der Waals surface area contributed by atoms with Gasteiger partial charge in [0.2, 0.25) is 0 Å². The molecule has 9 heteroatoms. The molecule has 2 aromatic heterocycles. The number of piperidine rings is 1. The van der Waals surface area contributed by atoms with Crippen molar-refractivity contribution >= 4 is 17.6 Å². The third-order valence-electron chi connectivity index (χ3n) is 7.25. The van der Waals surface area contributed by atoms with Crippen molar-refractivity contribution in [2.75, 3.05) is 18.2 Å². The first-order chi connectivity index (χ1) is 16.2. The molecular weight excluding hydrogens is 451 g/mol. The summed E-state index contributed by atoms with van der Waals surface area (Å²) in [7, 11) is 2.05. The standard InChI is InChI=1S/C25H29FN6OS/c1-24-7-8-25(2,31-24)12-16(11-24)32(3)21-14-28-23(30-29-21)17-6-5-15(9-20(17)33)18-10-22(34-4)27-13-19(18)26/h5-6,9-10,13-14,16,31,33H,7-8,11-12H2,1-4H3/t16-,24-,25+. The predicted molar refractivity (Wildman–Crippen MR) is 133 cm³/mol. The van der Waals surface area contributed by atoms with E-state index in [0.29, 0.717) is 39.4 Å². The highest BCUT2D eigenvalue weighted by molar-refractivity contribution is 7.98. The van der Waals surface area contributed by atoms with Crippen LogP contribution in [0, 0.1) is 5.82 Å². The highest BCUT2D eigenvalue weighted by Crippen LogP contribution is 2.43. The molecule has 7 nitrogen and oxygen atoms in total. The molecule has 2 aliphatic heterocycles. The van der Waals surface area contributed by atoms with Crippen LogP contribution in [0.4, 0.5) is 10.2 Å². The van der Waals surface area contributed by atoms with E-state index >= 15 is 0 Å². The molecule has 34 heavy (non-hydrogen) atoms. The number of thioether (sulfide) groups is 1. The third-order valence-corrected chi connectivity index (χ3v) is 7.89. The number of benzene rings is 1. The van der Waals surface area contributed by atoms with Gasteiger partial charge in [0.25, 0.3) is 0 Å². The number of phenolic OH excluding ortho intramolecular Hbond substituents is 1. The number of nitrogens with zero attached hydrogens (tertiary/aromatic N) is 5. The number of halogens is 1. The number of aromatic nitrogens is 4. The summed E-state index contributed by atoms with van der Waals surface area (Å²) >= 11 is 1.43. The molecule has 0 radical (unpaired) electrons. The van der Waals surface area contributed by atoms with E-state index in [1.54, 1.807) is 24.4 Å². The van der Waals surface area contributed by atoms with E-state index < -0.39 is 5.82 Å². The minimum Gasteiger partial charge on any atom is -0.507 e. The fourth-order valence-corrected chi connectivity index (χ4v) is 5.87. The fourth-order valence-electron chi connectivity index (χ4n) is 5.48. The topological polar surface area (TPSA) is 87.1 Å². The smallest absolute Gasteiger partial charge is 0.185 e. The van der Waals surface area contributed by atoms with Crippen LogP contribution in [0.2, 0.25) is 0 Å². The Kier molecular flexibility index (Phi) is 5.72. The van der Waals surface area contributed by atoms with Crippen molar-refractivity contribution < 1.29 is 9.50 Å². The van der Waals surface area contributed by atoms with Crippen LogP contribution in [0.5, 0.6) is 5.75 Å². The molecule has 1 aromatic carbocycles. The second-order valence-corrected chi connectivity index (χ2v) is 10.8. The molecule has 2 saturated heterocycles. The lowest BCUT2D eigenvalue weighted by Crippen LogP contribution is -2.58. The summed E-state index contributed by atoms with van der Waals surface area (Å²) in [6.45, 7) is 4.61. The maximum atomic E-state index is 14.3. The van der Waals surface area contributed by atoms with Crippen molar-refractivity contribution in [3.63, 3.8) is 0 Å². The molecule has 0 aliphatic carbocycles. The molecule has 3 atom stereocenters. The number of phenols is 1. The second kappa shape index (κ2) is 8.46. The maximum Gasteiger partial charge on any atom is 0.185 e. The van der Waals surface area contributed by atoms with E-state index in [4.69, 9.17) is 0 Å². The summed E-state index contributed by atoms with van der Waals surface area (Å²) in [5.41, 5.74) is 1.71. The van der Waals surface area contributed by atoms with Crippen LogP contribution < -0.4 is 10.2 Å². The van der Waals surface area contributed by atoms with Gasteiger partial charge in [-0.05, 0) is 69.5 Å². The lowest BCUT2D eigenvalue weighted by atomic mass is 9.84. The van der Waals surface area contributed by atoms with Crippen molar-refractivity contribution in [3.05, 3.63) is 42.5 Å². The molecule has 5 rings (SSSR count). The van der Waals surface area contributed by atoms with Crippen LogP contribution in [0.3, 0.4) is 0 Å². The van der Waals surface area contributed by atoms with Crippen LogP contribution in [-0.2, 0) is 0 Å². The molecule has 3 aromatic rings. The number of rotatable bonds is 5. The van der Waals surface area contributed by atoms with Crippen molar-refractivity contribution in [1.29, 1.82) is 0 Å². The number of hydrogen-bond donors (Lipinski definition) is 2. The average Bonchev–Trinajstić information content (AvgIpc) is 3.05. The Labute approximate surface area is 203 Å². The Balaban J connectivity index is 1.37. The van der Waals surface area contributed by atoms with Gasteiger partial charge in [-0.2, -0.15) is 0 Å². The van der Waals surface area contributed by atoms with E-state index in [0.717, 1.165) is 12.8 Å². The zero-order chi connectivity index (χ0) is 24.1. The maximum absolute atomic E-state index is 14.3. The van der Waals surface area contributed by atoms with Crippen LogP contribution in [0.15, 0.2) is 41.7 Å². The Morgan fingerprint density at radius 2 is 1.79 bits per heavy atom. The second-order valence-electron chi connectivity index (χ2n) is 10.00. The molecule has 2 bridgehead atoms. The SMILES string of the molecule is CSc1cc(-c2ccc(-c3ncc(N(C)[C@H]4C[C@]5(C)CC[C@](C)(C4)N5)nn3)c(O)c2)c(F)cn1. The van der Waals surface area contributed by atoms with E-state index in [9.17, 15) is 9.50 Å². The molecule has 0 amide bonds. The summed E-state index contributed by atoms with van der Waals surface area (Å²) in [6.07, 6.45) is 9.26. The van der Waals surface area contributed by atoms with Gasteiger partial charge in [0.1, 0.15) is 11.6 Å². The Bertz CT molecular complexity index is 1210. The monoisotopic (exact) mass is 480 g/mol. The highest BCUT2D eigenvalue weighted by Gasteiger charge is 2.49. The van der Waals surface area contributed by atoms with Crippen molar-refractivity contribution in [2.45, 2.75) is 61.7 Å². The first-order valence-corrected chi connectivity index (χ1v) is 12.7. The number of nitrogens with one attached hydrogen (secondary N) is 1. The molecule has 0 spiro atoms. The number of anilines is 1. The van der Waals surface area contributed by atoms with Gasteiger partial charge in [-0.1, -0.05) is 6.07 Å². The van der Waals surface area contributed by atoms with Gasteiger partial charge in [0.05, 0.1) is 23.0 Å². The predicted octanol–water partition coefficient (Wildman–Crippen LogP) is 4.67. The van der Waals surface area contributed by atoms with Gasteiger partial charge in [-0.25, -0.2) is 14.4 Å². The van der Waals surface area contributed by atoms with E-state index in [1.807, 2.05) is 13.3 Å². The van der Waals surface area contributed by atoms with Gasteiger partial charge >= 0.3 is 0 Å². The molecule has 2 N–H and O–H groups in total. The molecular formula is C25H29FN6OS. The average molecular weight is 481 g/mol. The van der Waals surface area contributed by atoms with Gasteiger partial charge in [-0.3, -0.25) is 0 Å². The van der Waals surface area contributed by atoms with Gasteiger partial charge < -0.3 is 15.3 Å². The van der Waals surface area contributed by atoms with Gasteiger partial charge in [0.15, 0.2) is 11.6 Å². The lowest BCUT2D eigenvalue weighted by molar-refractivity contribution is 0.207. The largest absolute Gasteiger partial charge is 0.507 e.